The standard InChI is InChI=1S/C19H20ClN5/c1-21-19(23-14-16-7-2-3-9-18(16)20)22-13-15-6-4-8-17(12-15)25-11-5-10-24-25/h2-12H,13-14H2,1H3,(H2,21,22,23). The number of rotatable bonds is 5. The van der Waals surface area contributed by atoms with Crippen molar-refractivity contribution in [3.05, 3.63) is 83.1 Å². The summed E-state index contributed by atoms with van der Waals surface area (Å²) in [5.74, 6) is 0.726. The van der Waals surface area contributed by atoms with Gasteiger partial charge in [0.15, 0.2) is 5.96 Å². The van der Waals surface area contributed by atoms with Crippen molar-refractivity contribution in [2.45, 2.75) is 13.1 Å². The Morgan fingerprint density at radius 3 is 2.68 bits per heavy atom. The third-order valence-corrected chi connectivity index (χ3v) is 4.14. The Bertz CT molecular complexity index is 843. The minimum Gasteiger partial charge on any atom is -0.352 e. The molecule has 0 fully saturated rings. The van der Waals surface area contributed by atoms with Crippen molar-refractivity contribution < 1.29 is 0 Å². The first kappa shape index (κ1) is 17.0. The predicted octanol–water partition coefficient (Wildman–Crippen LogP) is 3.39. The Labute approximate surface area is 152 Å². The molecule has 3 aromatic rings. The average Bonchev–Trinajstić information content (AvgIpc) is 3.18. The second-order valence-electron chi connectivity index (χ2n) is 5.49. The summed E-state index contributed by atoms with van der Waals surface area (Å²) in [6, 6.07) is 17.9. The second-order valence-corrected chi connectivity index (χ2v) is 5.90. The molecule has 0 spiro atoms. The largest absolute Gasteiger partial charge is 0.352 e. The third kappa shape index (κ3) is 4.61. The van der Waals surface area contributed by atoms with Crippen LogP contribution < -0.4 is 10.6 Å². The van der Waals surface area contributed by atoms with Gasteiger partial charge in [-0.1, -0.05) is 41.9 Å². The number of guanidine groups is 1. The van der Waals surface area contributed by atoms with Crippen molar-refractivity contribution in [1.82, 2.24) is 20.4 Å². The van der Waals surface area contributed by atoms with Crippen LogP contribution in [0.2, 0.25) is 5.02 Å². The summed E-state index contributed by atoms with van der Waals surface area (Å²) >= 11 is 6.18. The first-order chi connectivity index (χ1) is 12.3. The van der Waals surface area contributed by atoms with Gasteiger partial charge in [0.2, 0.25) is 0 Å². The van der Waals surface area contributed by atoms with Crippen LogP contribution in [0.25, 0.3) is 5.69 Å². The number of aromatic nitrogens is 2. The van der Waals surface area contributed by atoms with Gasteiger partial charge in [0, 0.05) is 37.6 Å². The Morgan fingerprint density at radius 1 is 1.08 bits per heavy atom. The molecule has 0 aliphatic rings. The van der Waals surface area contributed by atoms with Gasteiger partial charge in [0.25, 0.3) is 0 Å². The molecule has 25 heavy (non-hydrogen) atoms. The van der Waals surface area contributed by atoms with E-state index < -0.39 is 0 Å². The van der Waals surface area contributed by atoms with Gasteiger partial charge in [-0.05, 0) is 35.4 Å². The van der Waals surface area contributed by atoms with E-state index in [1.165, 1.54) is 0 Å². The van der Waals surface area contributed by atoms with E-state index in [1.54, 1.807) is 13.2 Å². The molecule has 1 heterocycles. The molecule has 0 saturated heterocycles. The molecule has 2 aromatic carbocycles. The maximum Gasteiger partial charge on any atom is 0.191 e. The SMILES string of the molecule is CN=C(NCc1cccc(-n2cccn2)c1)NCc1ccccc1Cl. The monoisotopic (exact) mass is 353 g/mol. The molecule has 128 valence electrons. The summed E-state index contributed by atoms with van der Waals surface area (Å²) < 4.78 is 1.84. The van der Waals surface area contributed by atoms with Crippen LogP contribution in [-0.2, 0) is 13.1 Å². The average molecular weight is 354 g/mol. The van der Waals surface area contributed by atoms with Crippen LogP contribution in [0.3, 0.4) is 0 Å². The summed E-state index contributed by atoms with van der Waals surface area (Å²) in [5.41, 5.74) is 3.21. The normalized spacial score (nSPS) is 11.4. The van der Waals surface area contributed by atoms with E-state index in [0.717, 1.165) is 27.8 Å². The van der Waals surface area contributed by atoms with E-state index in [4.69, 9.17) is 11.6 Å². The molecule has 3 rings (SSSR count). The number of nitrogens with one attached hydrogen (secondary N) is 2. The minimum absolute atomic E-state index is 0.618. The number of nitrogens with zero attached hydrogens (tertiary/aromatic N) is 3. The van der Waals surface area contributed by atoms with Gasteiger partial charge >= 0.3 is 0 Å². The highest BCUT2D eigenvalue weighted by molar-refractivity contribution is 6.31. The van der Waals surface area contributed by atoms with E-state index in [9.17, 15) is 0 Å². The van der Waals surface area contributed by atoms with Crippen molar-refractivity contribution in [1.29, 1.82) is 0 Å². The van der Waals surface area contributed by atoms with E-state index in [0.29, 0.717) is 13.1 Å². The van der Waals surface area contributed by atoms with E-state index >= 15 is 0 Å². The first-order valence-electron chi connectivity index (χ1n) is 8.03. The highest BCUT2D eigenvalue weighted by Crippen LogP contribution is 2.14. The van der Waals surface area contributed by atoms with Crippen molar-refractivity contribution >= 4 is 17.6 Å². The van der Waals surface area contributed by atoms with Gasteiger partial charge in [0.05, 0.1) is 5.69 Å². The molecule has 0 radical (unpaired) electrons. The van der Waals surface area contributed by atoms with Crippen LogP contribution in [-0.4, -0.2) is 22.8 Å². The van der Waals surface area contributed by atoms with Gasteiger partial charge in [0.1, 0.15) is 0 Å². The first-order valence-corrected chi connectivity index (χ1v) is 8.41. The lowest BCUT2D eigenvalue weighted by atomic mass is 10.2. The van der Waals surface area contributed by atoms with Crippen LogP contribution >= 0.6 is 11.6 Å². The van der Waals surface area contributed by atoms with Crippen molar-refractivity contribution in [3.8, 4) is 5.69 Å². The lowest BCUT2D eigenvalue weighted by molar-refractivity contribution is 0.806. The number of halogens is 1. The summed E-state index contributed by atoms with van der Waals surface area (Å²) in [4.78, 5) is 4.25. The van der Waals surface area contributed by atoms with Crippen molar-refractivity contribution in [2.24, 2.45) is 4.99 Å². The van der Waals surface area contributed by atoms with E-state index in [1.807, 2.05) is 53.3 Å². The Morgan fingerprint density at radius 2 is 1.92 bits per heavy atom. The summed E-state index contributed by atoms with van der Waals surface area (Å²) in [5, 5.41) is 11.6. The molecule has 0 aliphatic heterocycles. The number of hydrogen-bond donors (Lipinski definition) is 2. The number of hydrogen-bond acceptors (Lipinski definition) is 2. The van der Waals surface area contributed by atoms with Gasteiger partial charge in [-0.15, -0.1) is 0 Å². The van der Waals surface area contributed by atoms with Crippen molar-refractivity contribution in [2.75, 3.05) is 7.05 Å². The zero-order valence-corrected chi connectivity index (χ0v) is 14.7. The molecule has 0 saturated carbocycles. The van der Waals surface area contributed by atoms with Crippen LogP contribution in [0.5, 0.6) is 0 Å². The fourth-order valence-electron chi connectivity index (χ4n) is 2.46. The van der Waals surface area contributed by atoms with Gasteiger partial charge in [-0.25, -0.2) is 4.68 Å². The van der Waals surface area contributed by atoms with Crippen LogP contribution in [0.4, 0.5) is 0 Å². The van der Waals surface area contributed by atoms with Gasteiger partial charge in [-0.3, -0.25) is 4.99 Å². The molecule has 6 heteroatoms. The Balaban J connectivity index is 1.58. The fourth-order valence-corrected chi connectivity index (χ4v) is 2.66. The summed E-state index contributed by atoms with van der Waals surface area (Å²) in [6.07, 6.45) is 3.70. The van der Waals surface area contributed by atoms with Crippen LogP contribution in [0.1, 0.15) is 11.1 Å². The number of aliphatic imine (C=N–C) groups is 1. The topological polar surface area (TPSA) is 54.2 Å². The molecule has 0 bridgehead atoms. The molecule has 5 nitrogen and oxygen atoms in total. The van der Waals surface area contributed by atoms with E-state index in [-0.39, 0.29) is 0 Å². The minimum atomic E-state index is 0.618. The molecule has 2 N–H and O–H groups in total. The smallest absolute Gasteiger partial charge is 0.191 e. The Kier molecular flexibility index (Phi) is 5.69. The lowest BCUT2D eigenvalue weighted by Gasteiger charge is -2.13. The second kappa shape index (κ2) is 8.35. The maximum absolute atomic E-state index is 6.18. The number of benzene rings is 2. The molecule has 0 atom stereocenters. The van der Waals surface area contributed by atoms with Gasteiger partial charge < -0.3 is 10.6 Å². The van der Waals surface area contributed by atoms with Gasteiger partial charge in [-0.2, -0.15) is 5.10 Å². The Hall–Kier alpha value is -2.79. The van der Waals surface area contributed by atoms with Crippen LogP contribution in [0, 0.1) is 0 Å². The zero-order chi connectivity index (χ0) is 17.5. The van der Waals surface area contributed by atoms with E-state index in [2.05, 4.69) is 32.9 Å². The highest BCUT2D eigenvalue weighted by Gasteiger charge is 2.03. The molecule has 0 amide bonds. The predicted molar refractivity (Wildman–Crippen MR) is 102 cm³/mol. The molecular formula is C19H20ClN5. The lowest BCUT2D eigenvalue weighted by Crippen LogP contribution is -2.36. The summed E-state index contributed by atoms with van der Waals surface area (Å²) in [6.45, 7) is 1.28. The molecule has 0 unspecified atom stereocenters. The van der Waals surface area contributed by atoms with Crippen molar-refractivity contribution in [3.63, 3.8) is 0 Å². The third-order valence-electron chi connectivity index (χ3n) is 3.77. The van der Waals surface area contributed by atoms with Crippen LogP contribution in [0.15, 0.2) is 72.0 Å². The zero-order valence-electron chi connectivity index (χ0n) is 14.0. The quantitative estimate of drug-likeness (QED) is 0.546. The highest BCUT2D eigenvalue weighted by atomic mass is 35.5. The maximum atomic E-state index is 6.18. The molecule has 0 aliphatic carbocycles. The summed E-state index contributed by atoms with van der Waals surface area (Å²) in [7, 11) is 1.75. The molecular weight excluding hydrogens is 334 g/mol. The fraction of sp³-hybridized carbons (Fsp3) is 0.158. The molecule has 1 aromatic heterocycles.